The van der Waals surface area contributed by atoms with E-state index in [4.69, 9.17) is 5.26 Å². The number of nitriles is 1. The van der Waals surface area contributed by atoms with E-state index in [0.717, 1.165) is 21.9 Å². The van der Waals surface area contributed by atoms with Gasteiger partial charge >= 0.3 is 0 Å². The van der Waals surface area contributed by atoms with Crippen LogP contribution in [0.3, 0.4) is 0 Å². The van der Waals surface area contributed by atoms with Gasteiger partial charge in [0.2, 0.25) is 0 Å². The third kappa shape index (κ3) is 2.41. The average molecular weight is 267 g/mol. The third-order valence-corrected chi connectivity index (χ3v) is 3.26. The Bertz CT molecular complexity index is 754. The molecule has 0 aliphatic carbocycles. The van der Waals surface area contributed by atoms with Crippen LogP contribution in [0.2, 0.25) is 0 Å². The first kappa shape index (κ1) is 11.7. The second-order valence-corrected chi connectivity index (χ2v) is 4.91. The van der Waals surface area contributed by atoms with Gasteiger partial charge in [-0.1, -0.05) is 12.1 Å². The van der Waals surface area contributed by atoms with Crippen LogP contribution in [0.25, 0.3) is 11.0 Å². The van der Waals surface area contributed by atoms with Crippen molar-refractivity contribution in [2.75, 3.05) is 0 Å². The van der Waals surface area contributed by atoms with Gasteiger partial charge in [-0.05, 0) is 36.9 Å². The Balaban J connectivity index is 1.96. The van der Waals surface area contributed by atoms with E-state index < -0.39 is 0 Å². The number of H-pyrrole nitrogens is 1. The molecule has 0 aliphatic heterocycles. The lowest BCUT2D eigenvalue weighted by atomic mass is 10.3. The Hall–Kier alpha value is -2.39. The van der Waals surface area contributed by atoms with Gasteiger partial charge in [0.05, 0.1) is 11.0 Å². The molecule has 2 aromatic heterocycles. The summed E-state index contributed by atoms with van der Waals surface area (Å²) in [4.78, 5) is 16.1. The van der Waals surface area contributed by atoms with Crippen LogP contribution in [0.4, 0.5) is 0 Å². The second kappa shape index (κ2) is 4.71. The van der Waals surface area contributed by atoms with Crippen molar-refractivity contribution in [1.82, 2.24) is 19.9 Å². The van der Waals surface area contributed by atoms with Gasteiger partial charge in [0.25, 0.3) is 0 Å². The summed E-state index contributed by atoms with van der Waals surface area (Å²) in [5.74, 6) is 0. The number of nitrogens with zero attached hydrogens (tertiary/aromatic N) is 4. The molecule has 0 unspecified atom stereocenters. The van der Waals surface area contributed by atoms with Gasteiger partial charge in [0, 0.05) is 5.69 Å². The molecule has 0 spiro atoms. The van der Waals surface area contributed by atoms with Crippen molar-refractivity contribution in [3.8, 4) is 6.07 Å². The van der Waals surface area contributed by atoms with E-state index in [-0.39, 0.29) is 0 Å². The summed E-state index contributed by atoms with van der Waals surface area (Å²) in [7, 11) is 0. The summed E-state index contributed by atoms with van der Waals surface area (Å²) in [5, 5.41) is 10.1. The molecule has 1 aromatic carbocycles. The molecule has 0 atom stereocenters. The largest absolute Gasteiger partial charge is 0.333 e. The van der Waals surface area contributed by atoms with Crippen molar-refractivity contribution < 1.29 is 0 Å². The minimum Gasteiger partial charge on any atom is -0.333 e. The molecule has 0 aliphatic rings. The zero-order valence-electron chi connectivity index (χ0n) is 10.1. The van der Waals surface area contributed by atoms with Crippen LogP contribution in [-0.4, -0.2) is 19.9 Å². The van der Waals surface area contributed by atoms with Crippen molar-refractivity contribution in [3.05, 3.63) is 41.7 Å². The highest BCUT2D eigenvalue weighted by Gasteiger charge is 2.08. The molecule has 1 N–H and O–H groups in total. The zero-order chi connectivity index (χ0) is 13.2. The van der Waals surface area contributed by atoms with Crippen molar-refractivity contribution >= 4 is 22.8 Å². The Labute approximate surface area is 113 Å². The Morgan fingerprint density at radius 2 is 2.05 bits per heavy atom. The number of para-hydroxylation sites is 2. The van der Waals surface area contributed by atoms with Crippen LogP contribution in [0.15, 0.2) is 40.6 Å². The number of aromatic nitrogens is 4. The van der Waals surface area contributed by atoms with Gasteiger partial charge in [-0.3, -0.25) is 0 Å². The average Bonchev–Trinajstić information content (AvgIpc) is 2.80. The van der Waals surface area contributed by atoms with E-state index in [1.807, 2.05) is 37.3 Å². The standard InChI is InChI=1S/C13H9N5S/c1-8-6-9(7-14)16-12(15-8)19-13-17-10-4-2-3-5-11(10)18-13/h2-6H,1H3,(H,17,18). The van der Waals surface area contributed by atoms with Crippen LogP contribution in [0.1, 0.15) is 11.4 Å². The number of aromatic amines is 1. The molecule has 5 nitrogen and oxygen atoms in total. The van der Waals surface area contributed by atoms with Crippen molar-refractivity contribution in [2.24, 2.45) is 0 Å². The number of rotatable bonds is 2. The van der Waals surface area contributed by atoms with Gasteiger partial charge in [-0.15, -0.1) is 0 Å². The molecule has 0 radical (unpaired) electrons. The lowest BCUT2D eigenvalue weighted by molar-refractivity contribution is 0.912. The maximum absolute atomic E-state index is 8.89. The van der Waals surface area contributed by atoms with E-state index in [2.05, 4.69) is 19.9 Å². The van der Waals surface area contributed by atoms with Crippen molar-refractivity contribution in [3.63, 3.8) is 0 Å². The van der Waals surface area contributed by atoms with E-state index in [1.165, 1.54) is 11.8 Å². The number of hydrogen-bond acceptors (Lipinski definition) is 5. The molecular weight excluding hydrogens is 258 g/mol. The summed E-state index contributed by atoms with van der Waals surface area (Å²) in [5.41, 5.74) is 3.01. The fourth-order valence-corrected chi connectivity index (χ4v) is 2.52. The molecule has 3 rings (SSSR count). The van der Waals surface area contributed by atoms with Gasteiger partial charge < -0.3 is 4.98 Å². The molecule has 0 saturated carbocycles. The van der Waals surface area contributed by atoms with Crippen LogP contribution in [-0.2, 0) is 0 Å². The first-order valence-electron chi connectivity index (χ1n) is 5.63. The number of aryl methyl sites for hydroxylation is 1. The lowest BCUT2D eigenvalue weighted by Crippen LogP contribution is -1.93. The highest BCUT2D eigenvalue weighted by Crippen LogP contribution is 2.24. The number of fused-ring (bicyclic) bond motifs is 1. The highest BCUT2D eigenvalue weighted by molar-refractivity contribution is 7.99. The summed E-state index contributed by atoms with van der Waals surface area (Å²) in [6.45, 7) is 1.84. The fraction of sp³-hybridized carbons (Fsp3) is 0.0769. The fourth-order valence-electron chi connectivity index (χ4n) is 1.71. The van der Waals surface area contributed by atoms with Crippen LogP contribution in [0, 0.1) is 18.3 Å². The first-order valence-corrected chi connectivity index (χ1v) is 6.44. The maximum atomic E-state index is 8.89. The topological polar surface area (TPSA) is 78.2 Å². The SMILES string of the molecule is Cc1cc(C#N)nc(Sc2nc3ccccc3[nH]2)n1. The quantitative estimate of drug-likeness (QED) is 0.722. The Morgan fingerprint density at radius 3 is 2.84 bits per heavy atom. The summed E-state index contributed by atoms with van der Waals surface area (Å²) < 4.78 is 0. The number of benzene rings is 1. The first-order chi connectivity index (χ1) is 9.24. The summed E-state index contributed by atoms with van der Waals surface area (Å²) in [6, 6.07) is 11.5. The molecule has 3 aromatic rings. The number of nitrogens with one attached hydrogen (secondary N) is 1. The van der Waals surface area contributed by atoms with E-state index in [0.29, 0.717) is 10.9 Å². The third-order valence-electron chi connectivity index (χ3n) is 2.50. The van der Waals surface area contributed by atoms with Crippen LogP contribution >= 0.6 is 11.8 Å². The molecule has 0 fully saturated rings. The lowest BCUT2D eigenvalue weighted by Gasteiger charge is -1.98. The predicted octanol–water partition coefficient (Wildman–Crippen LogP) is 2.68. The molecule has 2 heterocycles. The minimum atomic E-state index is 0.367. The van der Waals surface area contributed by atoms with Crippen LogP contribution in [0.5, 0.6) is 0 Å². The highest BCUT2D eigenvalue weighted by atomic mass is 32.2. The molecule has 0 saturated heterocycles. The second-order valence-electron chi connectivity index (χ2n) is 3.95. The van der Waals surface area contributed by atoms with E-state index >= 15 is 0 Å². The normalized spacial score (nSPS) is 10.5. The Morgan fingerprint density at radius 1 is 1.21 bits per heavy atom. The Kier molecular flexibility index (Phi) is 2.89. The summed E-state index contributed by atoms with van der Waals surface area (Å²) >= 11 is 1.32. The molecule has 19 heavy (non-hydrogen) atoms. The van der Waals surface area contributed by atoms with Crippen LogP contribution < -0.4 is 0 Å². The molecule has 6 heteroatoms. The molecule has 92 valence electrons. The van der Waals surface area contributed by atoms with Gasteiger partial charge in [0.15, 0.2) is 10.3 Å². The smallest absolute Gasteiger partial charge is 0.196 e. The van der Waals surface area contributed by atoms with Gasteiger partial charge in [-0.25, -0.2) is 15.0 Å². The van der Waals surface area contributed by atoms with Crippen molar-refractivity contribution in [2.45, 2.75) is 17.2 Å². The minimum absolute atomic E-state index is 0.367. The molecule has 0 bridgehead atoms. The van der Waals surface area contributed by atoms with Gasteiger partial charge in [-0.2, -0.15) is 5.26 Å². The maximum Gasteiger partial charge on any atom is 0.196 e. The van der Waals surface area contributed by atoms with E-state index in [1.54, 1.807) is 6.07 Å². The van der Waals surface area contributed by atoms with E-state index in [9.17, 15) is 0 Å². The van der Waals surface area contributed by atoms with Gasteiger partial charge in [0.1, 0.15) is 11.8 Å². The summed E-state index contributed by atoms with van der Waals surface area (Å²) in [6.07, 6.45) is 0. The monoisotopic (exact) mass is 267 g/mol. The van der Waals surface area contributed by atoms with Crippen molar-refractivity contribution in [1.29, 1.82) is 5.26 Å². The zero-order valence-corrected chi connectivity index (χ0v) is 10.9. The predicted molar refractivity (Wildman–Crippen MR) is 71.7 cm³/mol. The number of imidazole rings is 1. The molecule has 0 amide bonds. The number of hydrogen-bond donors (Lipinski definition) is 1. The molecular formula is C13H9N5S.